The van der Waals surface area contributed by atoms with Crippen molar-refractivity contribution in [2.75, 3.05) is 40.8 Å². The molecule has 21 heavy (non-hydrogen) atoms. The van der Waals surface area contributed by atoms with Crippen molar-refractivity contribution in [1.82, 2.24) is 15.1 Å². The van der Waals surface area contributed by atoms with Crippen molar-refractivity contribution in [2.45, 2.75) is 56.7 Å². The quantitative estimate of drug-likeness (QED) is 0.679. The van der Waals surface area contributed by atoms with E-state index in [0.717, 1.165) is 32.4 Å². The number of ether oxygens (including phenoxy) is 1. The van der Waals surface area contributed by atoms with Crippen LogP contribution < -0.4 is 5.32 Å². The van der Waals surface area contributed by atoms with Crippen molar-refractivity contribution in [2.24, 2.45) is 0 Å². The maximum Gasteiger partial charge on any atom is 0.326 e. The van der Waals surface area contributed by atoms with E-state index >= 15 is 0 Å². The van der Waals surface area contributed by atoms with E-state index in [1.165, 1.54) is 12.8 Å². The summed E-state index contributed by atoms with van der Waals surface area (Å²) in [5.41, 5.74) is -0.436. The Morgan fingerprint density at radius 1 is 1.24 bits per heavy atom. The van der Waals surface area contributed by atoms with Crippen molar-refractivity contribution < 1.29 is 9.53 Å². The van der Waals surface area contributed by atoms with Gasteiger partial charge in [0, 0.05) is 25.2 Å². The van der Waals surface area contributed by atoms with Crippen molar-refractivity contribution in [1.29, 1.82) is 0 Å². The van der Waals surface area contributed by atoms with Gasteiger partial charge in [-0.05, 0) is 60.2 Å². The lowest BCUT2D eigenvalue weighted by molar-refractivity contribution is -0.151. The lowest BCUT2D eigenvalue weighted by Crippen LogP contribution is -2.53. The van der Waals surface area contributed by atoms with Gasteiger partial charge in [-0.3, -0.25) is 10.1 Å². The summed E-state index contributed by atoms with van der Waals surface area (Å²) in [6.45, 7) is 4.45. The van der Waals surface area contributed by atoms with Gasteiger partial charge in [-0.2, -0.15) is 0 Å². The Morgan fingerprint density at radius 2 is 1.95 bits per heavy atom. The van der Waals surface area contributed by atoms with Crippen molar-refractivity contribution in [3.05, 3.63) is 0 Å². The normalized spacial score (nSPS) is 29.3. The fourth-order valence-corrected chi connectivity index (χ4v) is 3.20. The summed E-state index contributed by atoms with van der Waals surface area (Å²) in [4.78, 5) is 17.1. The molecule has 0 amide bonds. The molecule has 0 aromatic heterocycles. The Bertz CT molecular complexity index is 357. The minimum absolute atomic E-state index is 0.0413. The van der Waals surface area contributed by atoms with Crippen LogP contribution in [0.5, 0.6) is 0 Å². The van der Waals surface area contributed by atoms with Crippen molar-refractivity contribution in [3.8, 4) is 0 Å². The molecule has 0 spiro atoms. The number of carbonyl (C=O) groups excluding carboxylic acids is 1. The molecule has 0 aliphatic heterocycles. The molecule has 0 aromatic carbocycles. The van der Waals surface area contributed by atoms with Gasteiger partial charge in [0.15, 0.2) is 0 Å². The van der Waals surface area contributed by atoms with Gasteiger partial charge >= 0.3 is 5.97 Å². The highest BCUT2D eigenvalue weighted by atomic mass is 16.5. The van der Waals surface area contributed by atoms with Crippen LogP contribution in [-0.2, 0) is 9.53 Å². The van der Waals surface area contributed by atoms with Crippen LogP contribution in [0, 0.1) is 0 Å². The minimum Gasteiger partial charge on any atom is -0.465 e. The third-order valence-electron chi connectivity index (χ3n) is 4.74. The molecule has 122 valence electrons. The summed E-state index contributed by atoms with van der Waals surface area (Å²) in [7, 11) is 6.37. The van der Waals surface area contributed by atoms with Gasteiger partial charge in [0.05, 0.1) is 6.61 Å². The zero-order chi connectivity index (χ0) is 15.5. The number of hydrogen-bond donors (Lipinski definition) is 1. The highest BCUT2D eigenvalue weighted by Crippen LogP contribution is 2.37. The molecule has 5 nitrogen and oxygen atoms in total. The first-order chi connectivity index (χ1) is 9.97. The highest BCUT2D eigenvalue weighted by Gasteiger charge is 2.49. The van der Waals surface area contributed by atoms with Gasteiger partial charge in [-0.15, -0.1) is 0 Å². The maximum absolute atomic E-state index is 12.5. The molecule has 0 aromatic rings. The van der Waals surface area contributed by atoms with Crippen LogP contribution in [0.1, 0.15) is 39.0 Å². The van der Waals surface area contributed by atoms with Crippen molar-refractivity contribution in [3.63, 3.8) is 0 Å². The summed E-state index contributed by atoms with van der Waals surface area (Å²) in [5.74, 6) is -0.0413. The predicted octanol–water partition coefficient (Wildman–Crippen LogP) is 1.09. The average molecular weight is 297 g/mol. The largest absolute Gasteiger partial charge is 0.465 e. The number of esters is 1. The first kappa shape index (κ1) is 16.7. The first-order valence-electron chi connectivity index (χ1n) is 8.27. The maximum atomic E-state index is 12.5. The first-order valence-corrected chi connectivity index (χ1v) is 8.27. The van der Waals surface area contributed by atoms with Crippen LogP contribution in [0.25, 0.3) is 0 Å². The Kier molecular flexibility index (Phi) is 5.63. The molecule has 0 heterocycles. The van der Waals surface area contributed by atoms with E-state index in [9.17, 15) is 4.79 Å². The molecule has 2 unspecified atom stereocenters. The second-order valence-corrected chi connectivity index (χ2v) is 6.90. The number of nitrogens with zero attached hydrogens (tertiary/aromatic N) is 2. The van der Waals surface area contributed by atoms with Gasteiger partial charge in [0.2, 0.25) is 0 Å². The van der Waals surface area contributed by atoms with Crippen LogP contribution >= 0.6 is 0 Å². The minimum atomic E-state index is -0.436. The number of nitrogens with one attached hydrogen (secondary N) is 1. The van der Waals surface area contributed by atoms with Crippen LogP contribution in [0.15, 0.2) is 0 Å². The smallest absolute Gasteiger partial charge is 0.326 e. The van der Waals surface area contributed by atoms with Gasteiger partial charge in [-0.25, -0.2) is 0 Å². The van der Waals surface area contributed by atoms with Crippen LogP contribution in [0.4, 0.5) is 0 Å². The summed E-state index contributed by atoms with van der Waals surface area (Å²) < 4.78 is 5.36. The molecule has 2 saturated carbocycles. The standard InChI is InChI=1S/C16H31N3O2/c1-5-21-15(20)16(17-13-6-7-13)9-8-14(12-16)19(4)11-10-18(2)3/h13-14,17H,5-12H2,1-4H3. The number of rotatable bonds is 8. The zero-order valence-corrected chi connectivity index (χ0v) is 14.0. The lowest BCUT2D eigenvalue weighted by atomic mass is 9.97. The number of carbonyl (C=O) groups is 1. The van der Waals surface area contributed by atoms with Crippen LogP contribution in [0.2, 0.25) is 0 Å². The molecule has 2 aliphatic carbocycles. The van der Waals surface area contributed by atoms with E-state index in [-0.39, 0.29) is 5.97 Å². The fourth-order valence-electron chi connectivity index (χ4n) is 3.20. The van der Waals surface area contributed by atoms with E-state index in [0.29, 0.717) is 18.7 Å². The summed E-state index contributed by atoms with van der Waals surface area (Å²) in [6.07, 6.45) is 5.25. The van der Waals surface area contributed by atoms with Crippen LogP contribution in [0.3, 0.4) is 0 Å². The van der Waals surface area contributed by atoms with E-state index in [2.05, 4.69) is 36.3 Å². The Morgan fingerprint density at radius 3 is 2.52 bits per heavy atom. The summed E-state index contributed by atoms with van der Waals surface area (Å²) in [6, 6.07) is 1.00. The Hall–Kier alpha value is -0.650. The number of likely N-dealkylation sites (N-methyl/N-ethyl adjacent to an activating group) is 2. The van der Waals surface area contributed by atoms with Gasteiger partial charge in [0.1, 0.15) is 5.54 Å². The van der Waals surface area contributed by atoms with Gasteiger partial charge in [0.25, 0.3) is 0 Å². The third-order valence-corrected chi connectivity index (χ3v) is 4.74. The van der Waals surface area contributed by atoms with E-state index in [1.807, 2.05) is 6.92 Å². The van der Waals surface area contributed by atoms with Crippen LogP contribution in [-0.4, -0.2) is 74.2 Å². The lowest BCUT2D eigenvalue weighted by Gasteiger charge is -2.31. The van der Waals surface area contributed by atoms with E-state index in [4.69, 9.17) is 4.74 Å². The molecule has 2 atom stereocenters. The molecule has 2 aliphatic rings. The second-order valence-electron chi connectivity index (χ2n) is 6.90. The average Bonchev–Trinajstić information content (AvgIpc) is 3.13. The fraction of sp³-hybridized carbons (Fsp3) is 0.938. The molecule has 5 heteroatoms. The topological polar surface area (TPSA) is 44.8 Å². The van der Waals surface area contributed by atoms with Gasteiger partial charge in [-0.1, -0.05) is 0 Å². The summed E-state index contributed by atoms with van der Waals surface area (Å²) >= 11 is 0. The molecule has 0 bridgehead atoms. The number of hydrogen-bond acceptors (Lipinski definition) is 5. The molecule has 1 N–H and O–H groups in total. The Labute approximate surface area is 129 Å². The monoisotopic (exact) mass is 297 g/mol. The molecule has 2 rings (SSSR count). The van der Waals surface area contributed by atoms with Gasteiger partial charge < -0.3 is 14.5 Å². The van der Waals surface area contributed by atoms with Crippen molar-refractivity contribution >= 4 is 5.97 Å². The zero-order valence-electron chi connectivity index (χ0n) is 14.0. The van der Waals surface area contributed by atoms with E-state index in [1.54, 1.807) is 0 Å². The summed E-state index contributed by atoms with van der Waals surface area (Å²) in [5, 5.41) is 3.59. The Balaban J connectivity index is 1.95. The molecular formula is C16H31N3O2. The predicted molar refractivity (Wildman–Crippen MR) is 84.3 cm³/mol. The third kappa shape index (κ3) is 4.41. The highest BCUT2D eigenvalue weighted by molar-refractivity contribution is 5.81. The SMILES string of the molecule is CCOC(=O)C1(NC2CC2)CCC(N(C)CCN(C)C)C1. The molecule has 2 fully saturated rings. The molecule has 0 radical (unpaired) electrons. The van der Waals surface area contributed by atoms with E-state index < -0.39 is 5.54 Å². The second kappa shape index (κ2) is 7.07. The molecule has 0 saturated heterocycles. The molecular weight excluding hydrogens is 266 g/mol.